The summed E-state index contributed by atoms with van der Waals surface area (Å²) in [5.41, 5.74) is 4.07. The Balaban J connectivity index is 1.50. The van der Waals surface area contributed by atoms with E-state index in [0.717, 1.165) is 50.1 Å². The van der Waals surface area contributed by atoms with Crippen molar-refractivity contribution in [3.63, 3.8) is 0 Å². The van der Waals surface area contributed by atoms with E-state index in [2.05, 4.69) is 10.6 Å². The predicted molar refractivity (Wildman–Crippen MR) is 164 cm³/mol. The minimum atomic E-state index is -1.47. The summed E-state index contributed by atoms with van der Waals surface area (Å²) in [4.78, 5) is 73.6. The van der Waals surface area contributed by atoms with Crippen molar-refractivity contribution < 1.29 is 61.9 Å². The van der Waals surface area contributed by atoms with E-state index in [1.807, 2.05) is 48.5 Å². The van der Waals surface area contributed by atoms with Crippen LogP contribution in [-0.2, 0) is 57.1 Å². The van der Waals surface area contributed by atoms with E-state index in [1.165, 1.54) is 6.92 Å². The molecule has 258 valence electrons. The fourth-order valence-electron chi connectivity index (χ4n) is 5.72. The van der Waals surface area contributed by atoms with Crippen LogP contribution in [0.15, 0.2) is 48.5 Å². The lowest BCUT2D eigenvalue weighted by Gasteiger charge is -2.45. The van der Waals surface area contributed by atoms with Crippen molar-refractivity contribution in [2.45, 2.75) is 70.3 Å². The molecule has 48 heavy (non-hydrogen) atoms. The van der Waals surface area contributed by atoms with E-state index < -0.39 is 85.8 Å². The summed E-state index contributed by atoms with van der Waals surface area (Å²) in [6.45, 7) is 3.51. The summed E-state index contributed by atoms with van der Waals surface area (Å²) in [7, 11) is 1.11. The molecule has 6 atom stereocenters. The maximum Gasteiger partial charge on any atom is 0.407 e. The highest BCUT2D eigenvalue weighted by Crippen LogP contribution is 2.44. The van der Waals surface area contributed by atoms with E-state index in [1.54, 1.807) is 0 Å². The average Bonchev–Trinajstić information content (AvgIpc) is 3.36. The highest BCUT2D eigenvalue weighted by Gasteiger charge is 2.51. The molecule has 1 heterocycles. The van der Waals surface area contributed by atoms with Crippen molar-refractivity contribution in [3.05, 3.63) is 59.7 Å². The number of methoxy groups -OCH3 is 1. The molecule has 4 rings (SSSR count). The summed E-state index contributed by atoms with van der Waals surface area (Å²) in [6.07, 6.45) is -6.34. The van der Waals surface area contributed by atoms with Gasteiger partial charge in [-0.05, 0) is 22.3 Å². The van der Waals surface area contributed by atoms with Gasteiger partial charge in [0.25, 0.3) is 0 Å². The lowest BCUT2D eigenvalue weighted by atomic mass is 9.96. The van der Waals surface area contributed by atoms with Gasteiger partial charge in [-0.1, -0.05) is 48.5 Å². The third-order valence-electron chi connectivity index (χ3n) is 7.62. The second-order valence-electron chi connectivity index (χ2n) is 11.1. The fourth-order valence-corrected chi connectivity index (χ4v) is 5.72. The monoisotopic (exact) mass is 670 g/mol. The van der Waals surface area contributed by atoms with Gasteiger partial charge in [0.05, 0.1) is 13.7 Å². The molecule has 0 radical (unpaired) electrons. The lowest BCUT2D eigenvalue weighted by Crippen LogP contribution is -2.67. The van der Waals surface area contributed by atoms with Crippen molar-refractivity contribution in [3.8, 4) is 11.1 Å². The van der Waals surface area contributed by atoms with Gasteiger partial charge in [0.2, 0.25) is 5.91 Å². The van der Waals surface area contributed by atoms with E-state index in [9.17, 15) is 28.8 Å². The van der Waals surface area contributed by atoms with Crippen LogP contribution in [0.25, 0.3) is 11.1 Å². The van der Waals surface area contributed by atoms with Crippen molar-refractivity contribution in [2.24, 2.45) is 0 Å². The van der Waals surface area contributed by atoms with Crippen LogP contribution in [0.4, 0.5) is 4.79 Å². The first kappa shape index (κ1) is 35.8. The van der Waals surface area contributed by atoms with Gasteiger partial charge < -0.3 is 43.8 Å². The second kappa shape index (κ2) is 16.2. The van der Waals surface area contributed by atoms with Crippen molar-refractivity contribution >= 4 is 35.9 Å². The van der Waals surface area contributed by atoms with Gasteiger partial charge in [0, 0.05) is 33.6 Å². The first-order valence-electron chi connectivity index (χ1n) is 15.1. The summed E-state index contributed by atoms with van der Waals surface area (Å²) in [5, 5.41) is 4.99. The topological polar surface area (TPSA) is 191 Å². The molecule has 0 unspecified atom stereocenters. The smallest absolute Gasteiger partial charge is 0.407 e. The van der Waals surface area contributed by atoms with Crippen LogP contribution in [0.3, 0.4) is 0 Å². The quantitative estimate of drug-likeness (QED) is 0.245. The number of ether oxygens (including phenoxy) is 7. The molecular weight excluding hydrogens is 632 g/mol. The molecule has 0 bridgehead atoms. The minimum Gasteiger partial charge on any atom is -0.467 e. The number of alkyl carbamates (subject to hydrolysis) is 1. The highest BCUT2D eigenvalue weighted by atomic mass is 16.7. The van der Waals surface area contributed by atoms with E-state index in [-0.39, 0.29) is 12.5 Å². The zero-order chi connectivity index (χ0) is 35.0. The minimum absolute atomic E-state index is 0.0234. The van der Waals surface area contributed by atoms with Crippen LogP contribution in [0.1, 0.15) is 44.7 Å². The van der Waals surface area contributed by atoms with Crippen LogP contribution in [0.5, 0.6) is 0 Å². The standard InChI is InChI=1S/C33H38N2O13/c1-17(36)34-28-30(47-20(4)39)29(46-19(3)38)27(16-43-18(2)37)48-32(28)44-15-26(31(40)42-5)35-33(41)45-14-25-23-12-8-6-10-21(23)22-11-7-9-13-24(22)25/h6-13,25-30,32H,14-16H2,1-5H3,(H,34,36)(H,35,41)/t26-,27+,28+,29-,30+,32-/m0/s1. The van der Waals surface area contributed by atoms with E-state index >= 15 is 0 Å². The number of hydrogen-bond donors (Lipinski definition) is 2. The van der Waals surface area contributed by atoms with Gasteiger partial charge in [-0.2, -0.15) is 0 Å². The molecule has 1 saturated heterocycles. The Morgan fingerprint density at radius 1 is 0.771 bits per heavy atom. The molecule has 2 aromatic carbocycles. The van der Waals surface area contributed by atoms with Crippen LogP contribution in [-0.4, -0.2) is 99.5 Å². The van der Waals surface area contributed by atoms with Gasteiger partial charge in [-0.15, -0.1) is 0 Å². The normalized spacial score (nSPS) is 21.8. The van der Waals surface area contributed by atoms with Gasteiger partial charge >= 0.3 is 30.0 Å². The van der Waals surface area contributed by atoms with Crippen LogP contribution >= 0.6 is 0 Å². The Morgan fingerprint density at radius 3 is 1.90 bits per heavy atom. The van der Waals surface area contributed by atoms with Crippen molar-refractivity contribution in [1.82, 2.24) is 10.6 Å². The Labute approximate surface area is 276 Å². The molecule has 2 aliphatic rings. The van der Waals surface area contributed by atoms with E-state index in [4.69, 9.17) is 33.2 Å². The van der Waals surface area contributed by atoms with E-state index in [0.29, 0.717) is 0 Å². The van der Waals surface area contributed by atoms with Gasteiger partial charge in [0.1, 0.15) is 25.4 Å². The number of nitrogens with one attached hydrogen (secondary N) is 2. The molecule has 1 aliphatic carbocycles. The Kier molecular flexibility index (Phi) is 12.1. The zero-order valence-electron chi connectivity index (χ0n) is 27.1. The number of rotatable bonds is 12. The molecule has 2 aromatic rings. The number of hydrogen-bond acceptors (Lipinski definition) is 13. The third kappa shape index (κ3) is 8.86. The number of amides is 2. The zero-order valence-corrected chi connectivity index (χ0v) is 27.1. The molecule has 0 spiro atoms. The first-order valence-corrected chi connectivity index (χ1v) is 15.1. The summed E-state index contributed by atoms with van der Waals surface area (Å²) in [6, 6.07) is 12.9. The average molecular weight is 671 g/mol. The second-order valence-corrected chi connectivity index (χ2v) is 11.1. The van der Waals surface area contributed by atoms with Gasteiger partial charge in [-0.25, -0.2) is 9.59 Å². The highest BCUT2D eigenvalue weighted by molar-refractivity contribution is 5.82. The van der Waals surface area contributed by atoms with Gasteiger partial charge in [-0.3, -0.25) is 19.2 Å². The number of carbonyl (C=O) groups excluding carboxylic acids is 6. The molecule has 2 N–H and O–H groups in total. The molecule has 0 saturated carbocycles. The number of esters is 4. The van der Waals surface area contributed by atoms with Crippen LogP contribution in [0.2, 0.25) is 0 Å². The molecule has 1 aliphatic heterocycles. The summed E-state index contributed by atoms with van der Waals surface area (Å²) in [5.74, 6) is -3.94. The molecule has 15 nitrogen and oxygen atoms in total. The Bertz CT molecular complexity index is 1480. The molecule has 2 amide bonds. The summed E-state index contributed by atoms with van der Waals surface area (Å²) >= 11 is 0. The Morgan fingerprint density at radius 2 is 1.35 bits per heavy atom. The predicted octanol–water partition coefficient (Wildman–Crippen LogP) is 1.74. The maximum absolute atomic E-state index is 13.0. The third-order valence-corrected chi connectivity index (χ3v) is 7.62. The largest absolute Gasteiger partial charge is 0.467 e. The number of carbonyl (C=O) groups is 6. The summed E-state index contributed by atoms with van der Waals surface area (Å²) < 4.78 is 38.1. The molecule has 1 fully saturated rings. The number of benzene rings is 2. The van der Waals surface area contributed by atoms with Crippen molar-refractivity contribution in [1.29, 1.82) is 0 Å². The van der Waals surface area contributed by atoms with Crippen molar-refractivity contribution in [2.75, 3.05) is 26.9 Å². The number of fused-ring (bicyclic) bond motifs is 3. The fraction of sp³-hybridized carbons (Fsp3) is 0.455. The van der Waals surface area contributed by atoms with Crippen LogP contribution in [0, 0.1) is 0 Å². The van der Waals surface area contributed by atoms with Crippen LogP contribution < -0.4 is 10.6 Å². The van der Waals surface area contributed by atoms with Gasteiger partial charge in [0.15, 0.2) is 24.5 Å². The molecular formula is C33H38N2O13. The maximum atomic E-state index is 13.0. The first-order chi connectivity index (χ1) is 22.9. The SMILES string of the molecule is COC(=O)[C@H](CO[C@H]1O[C@H](COC(C)=O)[C@H](OC(C)=O)[C@H](OC(C)=O)[C@H]1NC(C)=O)NC(=O)OCC1c2ccccc2-c2ccccc21. The molecule has 15 heteroatoms. The lowest BCUT2D eigenvalue weighted by molar-refractivity contribution is -0.278. The molecule has 0 aromatic heterocycles. The Hall–Kier alpha value is -5.02.